The fourth-order valence-corrected chi connectivity index (χ4v) is 3.00. The highest BCUT2D eigenvalue weighted by Crippen LogP contribution is 2.15. The first kappa shape index (κ1) is 20.7. The van der Waals surface area contributed by atoms with Crippen LogP contribution >= 0.6 is 0 Å². The predicted octanol–water partition coefficient (Wildman–Crippen LogP) is 5.22. The van der Waals surface area contributed by atoms with Gasteiger partial charge in [-0.15, -0.1) is 0 Å². The molecule has 3 nitrogen and oxygen atoms in total. The van der Waals surface area contributed by atoms with Crippen molar-refractivity contribution >= 4 is 5.97 Å². The van der Waals surface area contributed by atoms with Gasteiger partial charge in [0.2, 0.25) is 6.54 Å². The Morgan fingerprint density at radius 2 is 1.46 bits per heavy atom. The van der Waals surface area contributed by atoms with E-state index in [9.17, 15) is 4.79 Å². The zero-order chi connectivity index (χ0) is 17.5. The molecule has 0 aliphatic rings. The Morgan fingerprint density at radius 3 is 2.08 bits per heavy atom. The van der Waals surface area contributed by atoms with Crippen LogP contribution in [0.15, 0.2) is 30.6 Å². The highest BCUT2D eigenvalue weighted by molar-refractivity contribution is 5.67. The minimum Gasteiger partial charge on any atom is -0.458 e. The molecular weight excluding hydrogens is 298 g/mol. The maximum absolute atomic E-state index is 12.1. The number of aromatic nitrogens is 1. The van der Waals surface area contributed by atoms with E-state index in [1.165, 1.54) is 51.4 Å². The number of carbonyl (C=O) groups is 1. The molecule has 1 aromatic rings. The van der Waals surface area contributed by atoms with Gasteiger partial charge in [0.25, 0.3) is 0 Å². The number of hydrogen-bond acceptors (Lipinski definition) is 2. The van der Waals surface area contributed by atoms with Crippen LogP contribution < -0.4 is 4.57 Å². The summed E-state index contributed by atoms with van der Waals surface area (Å²) in [5.41, 5.74) is 0. The molecule has 0 saturated carbocycles. The van der Waals surface area contributed by atoms with Crippen molar-refractivity contribution in [3.8, 4) is 0 Å². The van der Waals surface area contributed by atoms with Crippen LogP contribution in [-0.4, -0.2) is 12.1 Å². The molecule has 1 aromatic heterocycles. The van der Waals surface area contributed by atoms with Crippen LogP contribution in [0.1, 0.15) is 84.5 Å². The Balaban J connectivity index is 2.17. The zero-order valence-corrected chi connectivity index (χ0v) is 15.7. The van der Waals surface area contributed by atoms with Gasteiger partial charge >= 0.3 is 5.97 Å². The van der Waals surface area contributed by atoms with Crippen LogP contribution in [0.5, 0.6) is 0 Å². The number of hydrogen-bond donors (Lipinski definition) is 0. The number of nitrogens with zero attached hydrogens (tertiary/aromatic N) is 1. The second kappa shape index (κ2) is 14.0. The third-order valence-electron chi connectivity index (χ3n) is 4.38. The van der Waals surface area contributed by atoms with Crippen molar-refractivity contribution in [2.75, 3.05) is 0 Å². The molecule has 1 heterocycles. The number of rotatable bonds is 14. The highest BCUT2D eigenvalue weighted by Gasteiger charge is 2.16. The maximum Gasteiger partial charge on any atom is 0.372 e. The van der Waals surface area contributed by atoms with Gasteiger partial charge in [0.15, 0.2) is 12.4 Å². The van der Waals surface area contributed by atoms with Gasteiger partial charge in [-0.2, -0.15) is 4.57 Å². The molecule has 0 aromatic carbocycles. The van der Waals surface area contributed by atoms with E-state index in [1.54, 1.807) is 0 Å². The van der Waals surface area contributed by atoms with Crippen molar-refractivity contribution in [2.45, 2.75) is 97.1 Å². The van der Waals surface area contributed by atoms with Gasteiger partial charge < -0.3 is 4.74 Å². The van der Waals surface area contributed by atoms with Gasteiger partial charge in [-0.1, -0.05) is 71.3 Å². The van der Waals surface area contributed by atoms with Gasteiger partial charge in [0.05, 0.1) is 0 Å². The van der Waals surface area contributed by atoms with E-state index in [1.807, 2.05) is 35.2 Å². The van der Waals surface area contributed by atoms with E-state index < -0.39 is 0 Å². The van der Waals surface area contributed by atoms with Crippen molar-refractivity contribution < 1.29 is 14.1 Å². The summed E-state index contributed by atoms with van der Waals surface area (Å²) in [6.45, 7) is 4.71. The van der Waals surface area contributed by atoms with Crippen molar-refractivity contribution in [1.29, 1.82) is 0 Å². The second-order valence-electron chi connectivity index (χ2n) is 6.71. The summed E-state index contributed by atoms with van der Waals surface area (Å²) >= 11 is 0. The average Bonchev–Trinajstić information content (AvgIpc) is 2.58. The first-order valence-corrected chi connectivity index (χ1v) is 9.89. The van der Waals surface area contributed by atoms with E-state index in [-0.39, 0.29) is 12.1 Å². The monoisotopic (exact) mass is 334 g/mol. The first-order chi connectivity index (χ1) is 11.8. The minimum atomic E-state index is -0.121. The average molecular weight is 335 g/mol. The molecule has 0 fully saturated rings. The van der Waals surface area contributed by atoms with E-state index >= 15 is 0 Å². The number of carbonyl (C=O) groups excluding carboxylic acids is 1. The fraction of sp³-hybridized carbons (Fsp3) is 0.714. The van der Waals surface area contributed by atoms with Crippen LogP contribution in [0.4, 0.5) is 0 Å². The van der Waals surface area contributed by atoms with Crippen molar-refractivity contribution in [3.63, 3.8) is 0 Å². The van der Waals surface area contributed by atoms with Gasteiger partial charge in [-0.3, -0.25) is 0 Å². The number of ether oxygens (including phenoxy) is 1. The van der Waals surface area contributed by atoms with Gasteiger partial charge in [-0.25, -0.2) is 4.79 Å². The molecule has 1 rings (SSSR count). The lowest BCUT2D eigenvalue weighted by Gasteiger charge is -2.16. The standard InChI is InChI=1S/C21H36NO2/c1-3-5-6-7-8-9-10-12-16-20(15-4-2)24-21(23)19-22-17-13-11-14-18-22/h11,13-14,17-18,20H,3-10,12,15-16,19H2,1-2H3/q+1. The van der Waals surface area contributed by atoms with Gasteiger partial charge in [0.1, 0.15) is 6.10 Å². The molecule has 0 bridgehead atoms. The summed E-state index contributed by atoms with van der Waals surface area (Å²) in [6, 6.07) is 5.80. The molecule has 1 unspecified atom stereocenters. The smallest absolute Gasteiger partial charge is 0.372 e. The summed E-state index contributed by atoms with van der Waals surface area (Å²) in [6.07, 6.45) is 17.5. The van der Waals surface area contributed by atoms with E-state index in [0.29, 0.717) is 6.54 Å². The number of unbranched alkanes of at least 4 members (excludes halogenated alkanes) is 7. The Labute approximate surface area is 148 Å². The lowest BCUT2D eigenvalue weighted by Crippen LogP contribution is -2.38. The lowest BCUT2D eigenvalue weighted by atomic mass is 10.0. The van der Waals surface area contributed by atoms with Crippen LogP contribution in [-0.2, 0) is 16.1 Å². The molecule has 136 valence electrons. The summed E-state index contributed by atoms with van der Waals surface area (Å²) < 4.78 is 7.56. The first-order valence-electron chi connectivity index (χ1n) is 9.89. The molecule has 0 aliphatic heterocycles. The van der Waals surface area contributed by atoms with Gasteiger partial charge in [-0.05, 0) is 19.3 Å². The van der Waals surface area contributed by atoms with E-state index in [0.717, 1.165) is 19.3 Å². The molecule has 0 N–H and O–H groups in total. The van der Waals surface area contributed by atoms with Crippen molar-refractivity contribution in [2.24, 2.45) is 0 Å². The van der Waals surface area contributed by atoms with Gasteiger partial charge in [0, 0.05) is 12.1 Å². The Morgan fingerprint density at radius 1 is 0.833 bits per heavy atom. The van der Waals surface area contributed by atoms with Crippen LogP contribution in [0, 0.1) is 0 Å². The normalized spacial score (nSPS) is 12.1. The molecule has 0 spiro atoms. The Kier molecular flexibility index (Phi) is 12.1. The van der Waals surface area contributed by atoms with Crippen LogP contribution in [0.3, 0.4) is 0 Å². The molecule has 0 saturated heterocycles. The minimum absolute atomic E-state index is 0.0897. The fourth-order valence-electron chi connectivity index (χ4n) is 3.00. The quantitative estimate of drug-likeness (QED) is 0.265. The summed E-state index contributed by atoms with van der Waals surface area (Å²) in [7, 11) is 0. The summed E-state index contributed by atoms with van der Waals surface area (Å²) in [4.78, 5) is 12.1. The molecule has 3 heteroatoms. The molecule has 1 atom stereocenters. The SMILES string of the molecule is CCCCCCCCCCC(CCC)OC(=O)C[n+]1ccccc1. The summed E-state index contributed by atoms with van der Waals surface area (Å²) in [5, 5.41) is 0. The molecule has 24 heavy (non-hydrogen) atoms. The van der Waals surface area contributed by atoms with E-state index in [2.05, 4.69) is 13.8 Å². The summed E-state index contributed by atoms with van der Waals surface area (Å²) in [5.74, 6) is -0.121. The molecule has 0 aliphatic carbocycles. The van der Waals surface area contributed by atoms with Crippen LogP contribution in [0.25, 0.3) is 0 Å². The Bertz CT molecular complexity index is 419. The maximum atomic E-state index is 12.1. The third kappa shape index (κ3) is 10.4. The highest BCUT2D eigenvalue weighted by atomic mass is 16.5. The number of esters is 1. The third-order valence-corrected chi connectivity index (χ3v) is 4.38. The van der Waals surface area contributed by atoms with Crippen molar-refractivity contribution in [3.05, 3.63) is 30.6 Å². The molecule has 0 radical (unpaired) electrons. The second-order valence-corrected chi connectivity index (χ2v) is 6.71. The van der Waals surface area contributed by atoms with Crippen molar-refractivity contribution in [1.82, 2.24) is 0 Å². The zero-order valence-electron chi connectivity index (χ0n) is 15.7. The predicted molar refractivity (Wildman–Crippen MR) is 98.7 cm³/mol. The lowest BCUT2D eigenvalue weighted by molar-refractivity contribution is -0.686. The largest absolute Gasteiger partial charge is 0.458 e. The van der Waals surface area contributed by atoms with Crippen LogP contribution in [0.2, 0.25) is 0 Å². The molecule has 0 amide bonds. The topological polar surface area (TPSA) is 30.2 Å². The molecular formula is C21H36NO2+. The number of pyridine rings is 1. The van der Waals surface area contributed by atoms with E-state index in [4.69, 9.17) is 4.74 Å². The Hall–Kier alpha value is -1.38.